The lowest BCUT2D eigenvalue weighted by Gasteiger charge is -2.25. The molecule has 0 saturated heterocycles. The molecule has 1 amide bonds. The Morgan fingerprint density at radius 1 is 1.02 bits per heavy atom. The Hall–Kier alpha value is -5.72. The van der Waals surface area contributed by atoms with Gasteiger partial charge in [0.2, 0.25) is 0 Å². The van der Waals surface area contributed by atoms with Gasteiger partial charge in [-0.2, -0.15) is 5.26 Å². The zero-order chi connectivity index (χ0) is 31.3. The molecule has 45 heavy (non-hydrogen) atoms. The zero-order valence-electron chi connectivity index (χ0n) is 24.6. The van der Waals surface area contributed by atoms with Gasteiger partial charge in [0.15, 0.2) is 4.80 Å². The molecule has 1 aromatic heterocycles. The summed E-state index contributed by atoms with van der Waals surface area (Å²) in [6.07, 6.45) is 1.78. The predicted molar refractivity (Wildman–Crippen MR) is 174 cm³/mol. The molecule has 0 aliphatic carbocycles. The molecule has 222 valence electrons. The summed E-state index contributed by atoms with van der Waals surface area (Å²) in [5.74, 6) is 0.830. The number of carbonyl (C=O) groups excluding carboxylic acids is 1. The molecule has 0 radical (unpaired) electrons. The number of allylic oxidation sites excluding steroid dienone is 1. The van der Waals surface area contributed by atoms with Crippen LogP contribution in [0.1, 0.15) is 35.2 Å². The van der Waals surface area contributed by atoms with Crippen molar-refractivity contribution in [3.05, 3.63) is 156 Å². The van der Waals surface area contributed by atoms with Crippen LogP contribution in [0.4, 0.5) is 5.69 Å². The first-order chi connectivity index (χ1) is 22.0. The summed E-state index contributed by atoms with van der Waals surface area (Å²) in [6.45, 7) is 1.98. The van der Waals surface area contributed by atoms with Crippen LogP contribution in [0.2, 0.25) is 0 Å². The lowest BCUT2D eigenvalue weighted by atomic mass is 9.95. The predicted octanol–water partition coefficient (Wildman–Crippen LogP) is 5.33. The number of nitriles is 1. The number of carbonyl (C=O) groups is 1. The molecule has 2 heterocycles. The molecule has 9 heteroatoms. The van der Waals surface area contributed by atoms with E-state index < -0.39 is 6.04 Å². The number of benzene rings is 4. The highest BCUT2D eigenvalue weighted by Crippen LogP contribution is 2.32. The molecule has 0 saturated carbocycles. The fraction of sp³-hybridized carbons (Fsp3) is 0.111. The van der Waals surface area contributed by atoms with Crippen molar-refractivity contribution in [3.8, 4) is 17.6 Å². The summed E-state index contributed by atoms with van der Waals surface area (Å²) < 4.78 is 13.6. The van der Waals surface area contributed by atoms with Crippen LogP contribution in [0.3, 0.4) is 0 Å². The maximum absolute atomic E-state index is 14.2. The quantitative estimate of drug-likeness (QED) is 0.255. The van der Waals surface area contributed by atoms with E-state index in [0.717, 1.165) is 11.1 Å². The molecule has 0 bridgehead atoms. The molecule has 6 rings (SSSR count). The summed E-state index contributed by atoms with van der Waals surface area (Å²) in [5.41, 5.74) is 3.97. The number of thiazole rings is 1. The standard InChI is InChI=1S/C36H28N4O4S/c1-23-32(34(41)39-28-15-4-3-5-16-28)33(25-14-10-17-29(19-25)43-2)40-35(42)31(45-36(40)38-23)20-24-11-8-9-18-30(24)44-22-27-13-7-6-12-26(27)21-37/h3-20,33H,22H2,1-2H3,(H,39,41)/b31-20-/t33-/m1/s1. The second kappa shape index (κ2) is 12.9. The van der Waals surface area contributed by atoms with E-state index in [-0.39, 0.29) is 18.1 Å². The van der Waals surface area contributed by atoms with Crippen molar-refractivity contribution in [2.45, 2.75) is 19.6 Å². The minimum atomic E-state index is -0.740. The van der Waals surface area contributed by atoms with Crippen molar-refractivity contribution in [2.75, 3.05) is 12.4 Å². The van der Waals surface area contributed by atoms with E-state index >= 15 is 0 Å². The third-order valence-corrected chi connectivity index (χ3v) is 8.42. The molecule has 0 spiro atoms. The summed E-state index contributed by atoms with van der Waals surface area (Å²) in [7, 11) is 1.58. The highest BCUT2D eigenvalue weighted by atomic mass is 32.1. The van der Waals surface area contributed by atoms with Gasteiger partial charge in [-0.1, -0.05) is 78.1 Å². The molecular formula is C36H28N4O4S. The SMILES string of the molecule is COc1cccc([C@@H]2C(C(=O)Nc3ccccc3)=C(C)N=c3s/c(=C\c4ccccc4OCc4ccccc4C#N)c(=O)n32)c1. The molecule has 5 aromatic rings. The van der Waals surface area contributed by atoms with Gasteiger partial charge in [-0.15, -0.1) is 0 Å². The Labute approximate surface area is 263 Å². The van der Waals surface area contributed by atoms with Crippen molar-refractivity contribution in [1.82, 2.24) is 4.57 Å². The summed E-state index contributed by atoms with van der Waals surface area (Å²) in [6, 6.07) is 32.7. The van der Waals surface area contributed by atoms with Gasteiger partial charge in [-0.25, -0.2) is 4.99 Å². The third-order valence-electron chi connectivity index (χ3n) is 7.43. The van der Waals surface area contributed by atoms with E-state index in [0.29, 0.717) is 48.9 Å². The normalized spacial score (nSPS) is 14.2. The number of para-hydroxylation sites is 2. The molecule has 1 aliphatic heterocycles. The molecule has 1 atom stereocenters. The van der Waals surface area contributed by atoms with Crippen molar-refractivity contribution in [1.29, 1.82) is 5.26 Å². The minimum absolute atomic E-state index is 0.199. The topological polar surface area (TPSA) is 106 Å². The first kappa shape index (κ1) is 29.4. The van der Waals surface area contributed by atoms with Gasteiger partial charge in [-0.05, 0) is 55.0 Å². The first-order valence-electron chi connectivity index (χ1n) is 14.2. The molecular weight excluding hydrogens is 584 g/mol. The van der Waals surface area contributed by atoms with Crippen LogP contribution in [-0.4, -0.2) is 17.6 Å². The van der Waals surface area contributed by atoms with Gasteiger partial charge < -0.3 is 14.8 Å². The second-order valence-corrected chi connectivity index (χ2v) is 11.3. The van der Waals surface area contributed by atoms with E-state index in [1.165, 1.54) is 11.3 Å². The van der Waals surface area contributed by atoms with Gasteiger partial charge >= 0.3 is 0 Å². The summed E-state index contributed by atoms with van der Waals surface area (Å²) >= 11 is 1.25. The van der Waals surface area contributed by atoms with Gasteiger partial charge in [0.1, 0.15) is 18.1 Å². The number of methoxy groups -OCH3 is 1. The first-order valence-corrected chi connectivity index (χ1v) is 15.0. The smallest absolute Gasteiger partial charge is 0.271 e. The largest absolute Gasteiger partial charge is 0.497 e. The van der Waals surface area contributed by atoms with Gasteiger partial charge in [0.25, 0.3) is 11.5 Å². The van der Waals surface area contributed by atoms with Crippen molar-refractivity contribution in [2.24, 2.45) is 4.99 Å². The Bertz CT molecular complexity index is 2160. The molecule has 0 fully saturated rings. The van der Waals surface area contributed by atoms with E-state index in [9.17, 15) is 14.9 Å². The molecule has 8 nitrogen and oxygen atoms in total. The molecule has 4 aromatic carbocycles. The van der Waals surface area contributed by atoms with Crippen LogP contribution in [0.5, 0.6) is 11.5 Å². The van der Waals surface area contributed by atoms with Crippen LogP contribution in [0.15, 0.2) is 124 Å². The number of anilines is 1. The highest BCUT2D eigenvalue weighted by molar-refractivity contribution is 7.07. The fourth-order valence-electron chi connectivity index (χ4n) is 5.24. The Balaban J connectivity index is 1.43. The number of aromatic nitrogens is 1. The zero-order valence-corrected chi connectivity index (χ0v) is 25.4. The van der Waals surface area contributed by atoms with Crippen LogP contribution < -0.4 is 29.7 Å². The Kier molecular flexibility index (Phi) is 8.40. The monoisotopic (exact) mass is 612 g/mol. The fourth-order valence-corrected chi connectivity index (χ4v) is 6.28. The average molecular weight is 613 g/mol. The number of hydrogen-bond acceptors (Lipinski definition) is 7. The van der Waals surface area contributed by atoms with Crippen LogP contribution in [0.25, 0.3) is 6.08 Å². The number of ether oxygens (including phenoxy) is 2. The van der Waals surface area contributed by atoms with E-state index in [4.69, 9.17) is 14.5 Å². The Morgan fingerprint density at radius 2 is 1.78 bits per heavy atom. The third kappa shape index (κ3) is 6.05. The second-order valence-electron chi connectivity index (χ2n) is 10.3. The average Bonchev–Trinajstić information content (AvgIpc) is 3.37. The number of nitrogens with zero attached hydrogens (tertiary/aromatic N) is 3. The van der Waals surface area contributed by atoms with Gasteiger partial charge in [0.05, 0.1) is 40.6 Å². The lowest BCUT2D eigenvalue weighted by molar-refractivity contribution is -0.113. The van der Waals surface area contributed by atoms with Crippen LogP contribution in [0, 0.1) is 11.3 Å². The van der Waals surface area contributed by atoms with Crippen molar-refractivity contribution < 1.29 is 14.3 Å². The maximum atomic E-state index is 14.2. The van der Waals surface area contributed by atoms with Crippen LogP contribution >= 0.6 is 11.3 Å². The van der Waals surface area contributed by atoms with Crippen molar-refractivity contribution in [3.63, 3.8) is 0 Å². The minimum Gasteiger partial charge on any atom is -0.497 e. The number of fused-ring (bicyclic) bond motifs is 1. The van der Waals surface area contributed by atoms with E-state index in [2.05, 4.69) is 11.4 Å². The van der Waals surface area contributed by atoms with Gasteiger partial charge in [-0.3, -0.25) is 14.2 Å². The summed E-state index contributed by atoms with van der Waals surface area (Å²) in [5, 5.41) is 12.4. The summed E-state index contributed by atoms with van der Waals surface area (Å²) in [4.78, 5) is 33.2. The van der Waals surface area contributed by atoms with Crippen LogP contribution in [-0.2, 0) is 11.4 Å². The lowest BCUT2D eigenvalue weighted by Crippen LogP contribution is -2.40. The maximum Gasteiger partial charge on any atom is 0.271 e. The number of hydrogen-bond donors (Lipinski definition) is 1. The molecule has 1 aliphatic rings. The molecule has 0 unspecified atom stereocenters. The Morgan fingerprint density at radius 3 is 2.58 bits per heavy atom. The van der Waals surface area contributed by atoms with Gasteiger partial charge in [0, 0.05) is 16.8 Å². The number of rotatable bonds is 8. The van der Waals surface area contributed by atoms with E-state index in [1.807, 2.05) is 97.1 Å². The molecule has 1 N–H and O–H groups in total. The number of nitrogens with one attached hydrogen (secondary N) is 1. The van der Waals surface area contributed by atoms with Crippen molar-refractivity contribution >= 4 is 29.0 Å². The van der Waals surface area contributed by atoms with E-state index in [1.54, 1.807) is 30.7 Å². The highest BCUT2D eigenvalue weighted by Gasteiger charge is 2.32. The number of amides is 1.